The van der Waals surface area contributed by atoms with E-state index in [2.05, 4.69) is 13.8 Å². The molecule has 3 aromatic carbocycles. The maximum absolute atomic E-state index is 15.4. The van der Waals surface area contributed by atoms with Crippen LogP contribution in [-0.4, -0.2) is 13.2 Å². The molecule has 1 aliphatic rings. The Morgan fingerprint density at radius 2 is 1.22 bits per heavy atom. The standard InChI is InChI=1S/C36H45F3O2/c1-3-5-7-9-10-11-12-14-22-41-35-20-16-28(25-34(35)37)27-15-18-32-31-19-17-30(40-21-13-8-6-4-2)23-29(31)26-36(38,39)33(32)24-27/h15-20,23-25H,3-14,21-22,26H2,1-2H3. The van der Waals surface area contributed by atoms with Crippen molar-refractivity contribution in [3.8, 4) is 33.8 Å². The molecule has 41 heavy (non-hydrogen) atoms. The smallest absolute Gasteiger partial charge is 0.277 e. The molecular weight excluding hydrogens is 521 g/mol. The highest BCUT2D eigenvalue weighted by molar-refractivity contribution is 5.79. The molecule has 0 unspecified atom stereocenters. The number of unbranched alkanes of at least 4 members (excludes halogenated alkanes) is 10. The third-order valence-electron chi connectivity index (χ3n) is 7.98. The lowest BCUT2D eigenvalue weighted by Crippen LogP contribution is -2.23. The Balaban J connectivity index is 1.38. The van der Waals surface area contributed by atoms with E-state index < -0.39 is 11.7 Å². The zero-order valence-corrected chi connectivity index (χ0v) is 24.8. The molecule has 0 aromatic heterocycles. The summed E-state index contributed by atoms with van der Waals surface area (Å²) in [5.41, 5.74) is 2.99. The Labute approximate surface area is 244 Å². The van der Waals surface area contributed by atoms with Crippen LogP contribution in [0, 0.1) is 5.82 Å². The largest absolute Gasteiger partial charge is 0.494 e. The summed E-state index contributed by atoms with van der Waals surface area (Å²) in [7, 11) is 0. The summed E-state index contributed by atoms with van der Waals surface area (Å²) in [6.07, 6.45) is 13.5. The van der Waals surface area contributed by atoms with Gasteiger partial charge in [-0.1, -0.05) is 102 Å². The molecule has 5 heteroatoms. The Kier molecular flexibility index (Phi) is 11.6. The number of hydrogen-bond acceptors (Lipinski definition) is 2. The Hall–Kier alpha value is -2.95. The van der Waals surface area contributed by atoms with E-state index in [-0.39, 0.29) is 17.7 Å². The van der Waals surface area contributed by atoms with Crippen LogP contribution in [0.2, 0.25) is 0 Å². The number of rotatable bonds is 17. The molecule has 0 aliphatic heterocycles. The van der Waals surface area contributed by atoms with Crippen molar-refractivity contribution in [2.75, 3.05) is 13.2 Å². The molecule has 0 fully saturated rings. The highest BCUT2D eigenvalue weighted by Crippen LogP contribution is 2.47. The minimum atomic E-state index is -3.03. The quantitative estimate of drug-likeness (QED) is 0.151. The molecule has 0 heterocycles. The van der Waals surface area contributed by atoms with Gasteiger partial charge >= 0.3 is 0 Å². The first-order chi connectivity index (χ1) is 19.9. The predicted molar refractivity (Wildman–Crippen MR) is 163 cm³/mol. The SMILES string of the molecule is CCCCCCCCCCOc1ccc(-c2ccc3c(c2)C(F)(F)Cc2cc(OCCCCCC)ccc2-3)cc1F. The highest BCUT2D eigenvalue weighted by Gasteiger charge is 2.39. The van der Waals surface area contributed by atoms with E-state index in [9.17, 15) is 4.39 Å². The van der Waals surface area contributed by atoms with Gasteiger partial charge in [-0.15, -0.1) is 0 Å². The van der Waals surface area contributed by atoms with E-state index >= 15 is 8.78 Å². The van der Waals surface area contributed by atoms with Crippen molar-refractivity contribution >= 4 is 0 Å². The second kappa shape index (κ2) is 15.3. The fraction of sp³-hybridized carbons (Fsp3) is 0.500. The van der Waals surface area contributed by atoms with E-state index in [0.29, 0.717) is 41.2 Å². The van der Waals surface area contributed by atoms with Gasteiger partial charge in [-0.3, -0.25) is 0 Å². The number of ether oxygens (including phenoxy) is 2. The van der Waals surface area contributed by atoms with Crippen molar-refractivity contribution in [2.45, 2.75) is 103 Å². The molecule has 0 radical (unpaired) electrons. The van der Waals surface area contributed by atoms with Crippen molar-refractivity contribution in [3.05, 3.63) is 71.5 Å². The summed E-state index contributed by atoms with van der Waals surface area (Å²) in [5.74, 6) is -2.66. The molecule has 0 saturated carbocycles. The number of halogens is 3. The van der Waals surface area contributed by atoms with Crippen LogP contribution in [0.25, 0.3) is 22.3 Å². The van der Waals surface area contributed by atoms with Gasteiger partial charge in [-0.05, 0) is 71.0 Å². The third-order valence-corrected chi connectivity index (χ3v) is 7.98. The molecule has 222 valence electrons. The van der Waals surface area contributed by atoms with Gasteiger partial charge in [0, 0.05) is 12.0 Å². The molecule has 4 rings (SSSR count). The van der Waals surface area contributed by atoms with Crippen molar-refractivity contribution in [1.29, 1.82) is 0 Å². The average molecular weight is 567 g/mol. The summed E-state index contributed by atoms with van der Waals surface area (Å²) in [4.78, 5) is 0. The fourth-order valence-electron chi connectivity index (χ4n) is 5.60. The van der Waals surface area contributed by atoms with Crippen LogP contribution < -0.4 is 9.47 Å². The van der Waals surface area contributed by atoms with Crippen molar-refractivity contribution in [1.82, 2.24) is 0 Å². The second-order valence-corrected chi connectivity index (χ2v) is 11.3. The highest BCUT2D eigenvalue weighted by atomic mass is 19.3. The van der Waals surface area contributed by atoms with Crippen LogP contribution in [0.4, 0.5) is 13.2 Å². The maximum Gasteiger partial charge on any atom is 0.277 e. The summed E-state index contributed by atoms with van der Waals surface area (Å²) in [6, 6.07) is 15.2. The Morgan fingerprint density at radius 3 is 1.93 bits per heavy atom. The molecule has 1 aliphatic carbocycles. The zero-order valence-electron chi connectivity index (χ0n) is 24.8. The van der Waals surface area contributed by atoms with Crippen LogP contribution in [0.15, 0.2) is 54.6 Å². The molecule has 0 N–H and O–H groups in total. The molecule has 0 bridgehead atoms. The van der Waals surface area contributed by atoms with E-state index in [1.165, 1.54) is 57.1 Å². The molecule has 0 atom stereocenters. The van der Waals surface area contributed by atoms with E-state index in [1.807, 2.05) is 12.1 Å². The lowest BCUT2D eigenvalue weighted by Gasteiger charge is -2.28. The van der Waals surface area contributed by atoms with E-state index in [0.717, 1.165) is 37.7 Å². The predicted octanol–water partition coefficient (Wildman–Crippen LogP) is 11.3. The van der Waals surface area contributed by atoms with Crippen molar-refractivity contribution in [2.24, 2.45) is 0 Å². The monoisotopic (exact) mass is 566 g/mol. The minimum absolute atomic E-state index is 0.0221. The second-order valence-electron chi connectivity index (χ2n) is 11.3. The van der Waals surface area contributed by atoms with Gasteiger partial charge in [0.25, 0.3) is 5.92 Å². The van der Waals surface area contributed by atoms with Gasteiger partial charge in [0.2, 0.25) is 0 Å². The zero-order chi connectivity index (χ0) is 29.1. The van der Waals surface area contributed by atoms with Gasteiger partial charge < -0.3 is 9.47 Å². The fourth-order valence-corrected chi connectivity index (χ4v) is 5.60. The first-order valence-electron chi connectivity index (χ1n) is 15.6. The molecule has 2 nitrogen and oxygen atoms in total. The molecule has 0 spiro atoms. The number of alkyl halides is 2. The molecule has 3 aromatic rings. The summed E-state index contributed by atoms with van der Waals surface area (Å²) >= 11 is 0. The van der Waals surface area contributed by atoms with E-state index in [4.69, 9.17) is 9.47 Å². The Morgan fingerprint density at radius 1 is 0.634 bits per heavy atom. The minimum Gasteiger partial charge on any atom is -0.494 e. The summed E-state index contributed by atoms with van der Waals surface area (Å²) in [5, 5.41) is 0. The summed E-state index contributed by atoms with van der Waals surface area (Å²) < 4.78 is 57.2. The van der Waals surface area contributed by atoms with Crippen LogP contribution in [0.1, 0.15) is 102 Å². The van der Waals surface area contributed by atoms with Crippen LogP contribution in [0.3, 0.4) is 0 Å². The summed E-state index contributed by atoms with van der Waals surface area (Å²) in [6.45, 7) is 5.44. The van der Waals surface area contributed by atoms with Gasteiger partial charge in [0.1, 0.15) is 5.75 Å². The number of benzene rings is 3. The topological polar surface area (TPSA) is 18.5 Å². The van der Waals surface area contributed by atoms with Crippen LogP contribution >= 0.6 is 0 Å². The first kappa shape index (κ1) is 31.0. The molecule has 0 saturated heterocycles. The first-order valence-corrected chi connectivity index (χ1v) is 15.6. The van der Waals surface area contributed by atoms with Gasteiger partial charge in [-0.2, -0.15) is 0 Å². The maximum atomic E-state index is 15.4. The molecular formula is C36H45F3O2. The van der Waals surface area contributed by atoms with Crippen LogP contribution in [-0.2, 0) is 12.3 Å². The number of fused-ring (bicyclic) bond motifs is 3. The van der Waals surface area contributed by atoms with Crippen molar-refractivity contribution < 1.29 is 22.6 Å². The third kappa shape index (κ3) is 8.53. The van der Waals surface area contributed by atoms with Crippen LogP contribution in [0.5, 0.6) is 11.5 Å². The molecule has 0 amide bonds. The van der Waals surface area contributed by atoms with Gasteiger partial charge in [0.05, 0.1) is 13.2 Å². The van der Waals surface area contributed by atoms with E-state index in [1.54, 1.807) is 30.3 Å². The van der Waals surface area contributed by atoms with Gasteiger partial charge in [0.15, 0.2) is 11.6 Å². The Bertz CT molecular complexity index is 1250. The lowest BCUT2D eigenvalue weighted by atomic mass is 9.81. The number of hydrogen-bond donors (Lipinski definition) is 0. The van der Waals surface area contributed by atoms with Gasteiger partial charge in [-0.25, -0.2) is 13.2 Å². The average Bonchev–Trinajstić information content (AvgIpc) is 2.96. The normalized spacial score (nSPS) is 13.5. The lowest BCUT2D eigenvalue weighted by molar-refractivity contribution is -0.00480. The van der Waals surface area contributed by atoms with Crippen molar-refractivity contribution in [3.63, 3.8) is 0 Å².